The number of carbonyl (C=O) groups excluding carboxylic acids is 2. The van der Waals surface area contributed by atoms with Crippen molar-refractivity contribution in [2.75, 3.05) is 6.61 Å². The monoisotopic (exact) mass is 648 g/mol. The van der Waals surface area contributed by atoms with E-state index in [-0.39, 0.29) is 23.5 Å². The Balaban J connectivity index is 0. The smallest absolute Gasteiger partial charge is 0.293 e. The van der Waals surface area contributed by atoms with Gasteiger partial charge in [-0.05, 0) is 108 Å². The molecule has 2 saturated carbocycles. The Hall–Kier alpha value is -2.70. The third-order valence-corrected chi connectivity index (χ3v) is 8.33. The first kappa shape index (κ1) is 45.4. The van der Waals surface area contributed by atoms with Gasteiger partial charge in [0.15, 0.2) is 0 Å². The molecule has 0 radical (unpaired) electrons. The molecule has 0 heterocycles. The summed E-state index contributed by atoms with van der Waals surface area (Å²) in [5, 5.41) is 13.7. The first-order valence-electron chi connectivity index (χ1n) is 18.4. The lowest BCUT2D eigenvalue weighted by Gasteiger charge is -2.21. The average molecular weight is 648 g/mol. The van der Waals surface area contributed by atoms with Gasteiger partial charge in [-0.2, -0.15) is 0 Å². The Kier molecular flexibility index (Phi) is 31.8. The average Bonchev–Trinajstić information content (AvgIpc) is 3.57. The topological polar surface area (TPSA) is 91.3 Å². The minimum absolute atomic E-state index is 0.104. The molecule has 0 bridgehead atoms. The number of carbonyl (C=O) groups is 2. The highest BCUT2D eigenvalue weighted by atomic mass is 19.1. The van der Waals surface area contributed by atoms with Crippen molar-refractivity contribution in [3.8, 4) is 0 Å². The molecule has 7 heteroatoms. The first-order chi connectivity index (χ1) is 22.3. The molecule has 2 aliphatic rings. The van der Waals surface area contributed by atoms with Crippen LogP contribution < -0.4 is 10.6 Å². The fraction of sp³-hybridized carbons (Fsp3) is 0.718. The van der Waals surface area contributed by atoms with Crippen molar-refractivity contribution >= 4 is 18.1 Å². The highest BCUT2D eigenvalue weighted by Gasteiger charge is 2.28. The number of hydrogen-bond acceptors (Lipinski definition) is 5. The van der Waals surface area contributed by atoms with E-state index in [9.17, 15) is 14.0 Å². The van der Waals surface area contributed by atoms with Gasteiger partial charge in [0.25, 0.3) is 12.4 Å². The maximum absolute atomic E-state index is 13.0. The van der Waals surface area contributed by atoms with Crippen LogP contribution in [0.5, 0.6) is 0 Å². The minimum Gasteiger partial charge on any atom is -0.468 e. The minimum atomic E-state index is -0.220. The number of hydrogen-bond donors (Lipinski definition) is 3. The zero-order chi connectivity index (χ0) is 35.0. The molecule has 1 aromatic carbocycles. The van der Waals surface area contributed by atoms with Crippen LogP contribution in [0.4, 0.5) is 4.39 Å². The van der Waals surface area contributed by atoms with Crippen LogP contribution in [0.1, 0.15) is 151 Å². The van der Waals surface area contributed by atoms with Crippen molar-refractivity contribution in [1.82, 2.24) is 10.6 Å². The summed E-state index contributed by atoms with van der Waals surface area (Å²) in [5.41, 5.74) is 1.23. The summed E-state index contributed by atoms with van der Waals surface area (Å²) in [7, 11) is 0. The van der Waals surface area contributed by atoms with E-state index in [0.717, 1.165) is 30.4 Å². The molecule has 2 unspecified atom stereocenters. The Labute approximate surface area is 282 Å². The van der Waals surface area contributed by atoms with Crippen molar-refractivity contribution in [3.63, 3.8) is 0 Å². The van der Waals surface area contributed by atoms with Crippen LogP contribution in [0, 0.1) is 23.1 Å². The molecule has 0 saturated heterocycles. The van der Waals surface area contributed by atoms with Gasteiger partial charge in [-0.1, -0.05) is 97.8 Å². The van der Waals surface area contributed by atoms with Gasteiger partial charge in [0.05, 0.1) is 12.3 Å². The zero-order valence-electron chi connectivity index (χ0n) is 30.8. The highest BCUT2D eigenvalue weighted by molar-refractivity contribution is 6.36. The molecule has 0 aromatic heterocycles. The molecule has 1 aromatic rings. The summed E-state index contributed by atoms with van der Waals surface area (Å²) in [6.45, 7) is 16.5. The number of amides is 1. The lowest BCUT2D eigenvalue weighted by atomic mass is 9.96. The van der Waals surface area contributed by atoms with E-state index in [2.05, 4.69) is 41.5 Å². The normalized spacial score (nSPS) is 17.7. The number of nitrogens with one attached hydrogen (secondary N) is 3. The first-order valence-corrected chi connectivity index (χ1v) is 18.4. The molecular formula is C39H70FN3O3. The number of aryl methyl sites for hydroxylation is 1. The van der Waals surface area contributed by atoms with E-state index in [0.29, 0.717) is 19.0 Å². The molecule has 1 amide bonds. The van der Waals surface area contributed by atoms with E-state index in [1.54, 1.807) is 19.1 Å². The molecule has 3 N–H and O–H groups in total. The molecule has 3 rings (SSSR count). The van der Waals surface area contributed by atoms with Gasteiger partial charge >= 0.3 is 0 Å². The van der Waals surface area contributed by atoms with Gasteiger partial charge in [0.2, 0.25) is 0 Å². The van der Waals surface area contributed by atoms with Crippen LogP contribution in [-0.2, 0) is 20.7 Å². The zero-order valence-corrected chi connectivity index (χ0v) is 30.8. The molecule has 0 aliphatic heterocycles. The third kappa shape index (κ3) is 24.5. The van der Waals surface area contributed by atoms with E-state index in [1.807, 2.05) is 33.8 Å². The quantitative estimate of drug-likeness (QED) is 0.100. The van der Waals surface area contributed by atoms with Crippen molar-refractivity contribution in [3.05, 3.63) is 47.9 Å². The van der Waals surface area contributed by atoms with Gasteiger partial charge in [0, 0.05) is 12.1 Å². The SMILES string of the molecule is CC.CC.CCC1CCC([C@@H](C)NC(=O)C(C)=N)C1.CCOC=O.Fc1cccc(CCCCCC/C=C/NC2CCCCC2)c1. The van der Waals surface area contributed by atoms with E-state index < -0.39 is 0 Å². The highest BCUT2D eigenvalue weighted by Crippen LogP contribution is 2.34. The van der Waals surface area contributed by atoms with Crippen LogP contribution in [0.25, 0.3) is 0 Å². The molecular weight excluding hydrogens is 577 g/mol. The number of benzene rings is 1. The van der Waals surface area contributed by atoms with Crippen LogP contribution in [0.15, 0.2) is 36.5 Å². The maximum atomic E-state index is 13.0. The Morgan fingerprint density at radius 2 is 1.70 bits per heavy atom. The second-order valence-electron chi connectivity index (χ2n) is 11.8. The Morgan fingerprint density at radius 1 is 1.02 bits per heavy atom. The molecule has 3 atom stereocenters. The standard InChI is InChI=1S/C20H30FN.C12H22N2O.C3H6O2.2C2H6/c21-19-13-10-12-18(17-19)11-6-3-1-2-4-9-16-22-20-14-7-5-8-15-20;1-4-10-5-6-11(7-10)9(3)14-12(15)8(2)13;1-2-5-3-4;2*1-2/h9-10,12-13,16-17,20,22H,1-8,11,14-15H2;9-11,13H,4-7H2,1-3H3,(H,14,15);3H,2H2,1H3;2*1-2H3/b16-9+;;;;/t;9-,10?,11?;;;/m.1.../s1. The van der Waals surface area contributed by atoms with Gasteiger partial charge in [-0.25, -0.2) is 4.39 Å². The second-order valence-corrected chi connectivity index (χ2v) is 11.8. The van der Waals surface area contributed by atoms with Gasteiger partial charge in [0.1, 0.15) is 5.82 Å². The fourth-order valence-electron chi connectivity index (χ4n) is 5.63. The summed E-state index contributed by atoms with van der Waals surface area (Å²) in [4.78, 5) is 20.5. The second kappa shape index (κ2) is 32.2. The third-order valence-electron chi connectivity index (χ3n) is 8.33. The Morgan fingerprint density at radius 3 is 2.24 bits per heavy atom. The lowest BCUT2D eigenvalue weighted by Crippen LogP contribution is -2.40. The van der Waals surface area contributed by atoms with Gasteiger partial charge < -0.3 is 15.4 Å². The lowest BCUT2D eigenvalue weighted by molar-refractivity contribution is -0.128. The summed E-state index contributed by atoms with van der Waals surface area (Å²) >= 11 is 0. The van der Waals surface area contributed by atoms with Crippen molar-refractivity contribution in [2.24, 2.45) is 11.8 Å². The predicted octanol–water partition coefficient (Wildman–Crippen LogP) is 10.3. The van der Waals surface area contributed by atoms with Crippen LogP contribution in [-0.4, -0.2) is 36.8 Å². The van der Waals surface area contributed by atoms with Crippen molar-refractivity contribution in [2.45, 2.75) is 164 Å². The summed E-state index contributed by atoms with van der Waals surface area (Å²) in [5.74, 6) is 1.12. The van der Waals surface area contributed by atoms with Crippen LogP contribution in [0.2, 0.25) is 0 Å². The van der Waals surface area contributed by atoms with Gasteiger partial charge in [-0.15, -0.1) is 0 Å². The number of halogens is 1. The largest absolute Gasteiger partial charge is 0.468 e. The number of ether oxygens (including phenoxy) is 1. The van der Waals surface area contributed by atoms with Crippen LogP contribution in [0.3, 0.4) is 0 Å². The van der Waals surface area contributed by atoms with E-state index >= 15 is 0 Å². The van der Waals surface area contributed by atoms with Gasteiger partial charge in [-0.3, -0.25) is 15.0 Å². The summed E-state index contributed by atoms with van der Waals surface area (Å²) in [6, 6.07) is 7.92. The molecule has 266 valence electrons. The maximum Gasteiger partial charge on any atom is 0.293 e. The fourth-order valence-corrected chi connectivity index (χ4v) is 5.63. The molecule has 2 aliphatic carbocycles. The molecule has 2 fully saturated rings. The van der Waals surface area contributed by atoms with E-state index in [4.69, 9.17) is 5.41 Å². The number of unbranched alkanes of at least 4 members (excludes halogenated alkanes) is 4. The number of rotatable bonds is 15. The van der Waals surface area contributed by atoms with E-state index in [1.165, 1.54) is 96.5 Å². The Bertz CT molecular complexity index is 902. The summed E-state index contributed by atoms with van der Waals surface area (Å²) < 4.78 is 17.2. The number of allylic oxidation sites excluding steroid dienone is 1. The van der Waals surface area contributed by atoms with Crippen molar-refractivity contribution < 1.29 is 18.7 Å². The molecule has 46 heavy (non-hydrogen) atoms. The predicted molar refractivity (Wildman–Crippen MR) is 195 cm³/mol. The van der Waals surface area contributed by atoms with Crippen molar-refractivity contribution in [1.29, 1.82) is 5.41 Å². The van der Waals surface area contributed by atoms with Crippen LogP contribution >= 0.6 is 0 Å². The molecule has 0 spiro atoms. The molecule has 6 nitrogen and oxygen atoms in total. The summed E-state index contributed by atoms with van der Waals surface area (Å²) in [6.07, 6.45) is 23.4.